The molecule has 1 saturated carbocycles. The van der Waals surface area contributed by atoms with Crippen molar-refractivity contribution < 1.29 is 19.1 Å². The summed E-state index contributed by atoms with van der Waals surface area (Å²) in [6.07, 6.45) is 4.86. The smallest absolute Gasteiger partial charge is 0.266 e. The second-order valence-corrected chi connectivity index (χ2v) is 6.79. The highest BCUT2D eigenvalue weighted by atomic mass is 16.5. The Hall–Kier alpha value is -2.82. The van der Waals surface area contributed by atoms with Crippen LogP contribution in [0.4, 0.5) is 5.69 Å². The minimum Gasteiger partial charge on any atom is -0.493 e. The molecule has 0 radical (unpaired) electrons. The van der Waals surface area contributed by atoms with Gasteiger partial charge in [-0.1, -0.05) is 25.0 Å². The number of hydrogen-bond acceptors (Lipinski definition) is 4. The predicted molar refractivity (Wildman–Crippen MR) is 98.0 cm³/mol. The van der Waals surface area contributed by atoms with Crippen molar-refractivity contribution in [3.05, 3.63) is 53.6 Å². The Bertz CT molecular complexity index is 820. The zero-order valence-electron chi connectivity index (χ0n) is 14.7. The number of carbonyl (C=O) groups excluding carboxylic acids is 2. The minimum absolute atomic E-state index is 0.308. The summed E-state index contributed by atoms with van der Waals surface area (Å²) in [4.78, 5) is 26.5. The van der Waals surface area contributed by atoms with E-state index in [0.29, 0.717) is 40.8 Å². The molecule has 0 unspecified atom stereocenters. The molecule has 0 aromatic heterocycles. The molecule has 0 N–H and O–H groups in total. The highest BCUT2D eigenvalue weighted by Crippen LogP contribution is 2.36. The van der Waals surface area contributed by atoms with Gasteiger partial charge in [-0.25, -0.2) is 4.90 Å². The third-order valence-electron chi connectivity index (χ3n) is 5.15. The molecule has 1 aliphatic heterocycles. The first-order chi connectivity index (χ1) is 12.7. The van der Waals surface area contributed by atoms with Gasteiger partial charge in [-0.2, -0.15) is 0 Å². The number of methoxy groups -OCH3 is 1. The van der Waals surface area contributed by atoms with Crippen molar-refractivity contribution in [1.29, 1.82) is 0 Å². The lowest BCUT2D eigenvalue weighted by Gasteiger charge is -2.18. The molecular formula is C21H21NO4. The highest BCUT2D eigenvalue weighted by Gasteiger charge is 2.36. The number of anilines is 1. The summed E-state index contributed by atoms with van der Waals surface area (Å²) < 4.78 is 11.4. The van der Waals surface area contributed by atoms with Gasteiger partial charge in [0, 0.05) is 6.07 Å². The average Bonchev–Trinajstić information content (AvgIpc) is 3.27. The number of amides is 2. The van der Waals surface area contributed by atoms with Gasteiger partial charge in [0.05, 0.1) is 30.5 Å². The summed E-state index contributed by atoms with van der Waals surface area (Å²) in [6, 6.07) is 12.0. The molecule has 5 nitrogen and oxygen atoms in total. The number of rotatable bonds is 5. The van der Waals surface area contributed by atoms with E-state index in [-0.39, 0.29) is 11.8 Å². The Kier molecular flexibility index (Phi) is 4.37. The molecule has 5 heteroatoms. The number of carbonyl (C=O) groups is 2. The van der Waals surface area contributed by atoms with Gasteiger partial charge in [-0.3, -0.25) is 9.59 Å². The normalized spacial score (nSPS) is 16.9. The fourth-order valence-corrected chi connectivity index (χ4v) is 3.73. The monoisotopic (exact) mass is 351 g/mol. The second-order valence-electron chi connectivity index (χ2n) is 6.79. The van der Waals surface area contributed by atoms with Crippen LogP contribution in [0, 0.1) is 5.92 Å². The molecule has 2 aromatic carbocycles. The zero-order chi connectivity index (χ0) is 18.1. The Morgan fingerprint density at radius 3 is 2.23 bits per heavy atom. The molecule has 2 amide bonds. The van der Waals surface area contributed by atoms with Crippen molar-refractivity contribution in [2.24, 2.45) is 5.92 Å². The van der Waals surface area contributed by atoms with Crippen LogP contribution in [0.3, 0.4) is 0 Å². The number of hydrogen-bond donors (Lipinski definition) is 0. The van der Waals surface area contributed by atoms with Crippen LogP contribution in [-0.2, 0) is 0 Å². The van der Waals surface area contributed by atoms with Gasteiger partial charge in [0.25, 0.3) is 11.8 Å². The molecule has 1 aliphatic carbocycles. The predicted octanol–water partition coefficient (Wildman–Crippen LogP) is 4.06. The SMILES string of the molecule is COc1ccc(N2C(=O)c3ccccc3C2=O)cc1OCC1CCCC1. The fourth-order valence-electron chi connectivity index (χ4n) is 3.73. The molecule has 0 spiro atoms. The van der Waals surface area contributed by atoms with Crippen molar-refractivity contribution in [2.45, 2.75) is 25.7 Å². The van der Waals surface area contributed by atoms with E-state index in [9.17, 15) is 9.59 Å². The second kappa shape index (κ2) is 6.83. The minimum atomic E-state index is -0.308. The summed E-state index contributed by atoms with van der Waals surface area (Å²) in [5.41, 5.74) is 1.36. The van der Waals surface area contributed by atoms with Crippen molar-refractivity contribution in [1.82, 2.24) is 0 Å². The summed E-state index contributed by atoms with van der Waals surface area (Å²) in [5, 5.41) is 0. The van der Waals surface area contributed by atoms with E-state index < -0.39 is 0 Å². The van der Waals surface area contributed by atoms with E-state index in [1.54, 1.807) is 49.6 Å². The number of nitrogens with zero attached hydrogens (tertiary/aromatic N) is 1. The summed E-state index contributed by atoms with van der Waals surface area (Å²) in [5.74, 6) is 1.11. The summed E-state index contributed by atoms with van der Waals surface area (Å²) in [7, 11) is 1.58. The van der Waals surface area contributed by atoms with Gasteiger partial charge in [0.2, 0.25) is 0 Å². The Morgan fingerprint density at radius 1 is 0.962 bits per heavy atom. The maximum atomic E-state index is 12.7. The highest BCUT2D eigenvalue weighted by molar-refractivity contribution is 6.34. The van der Waals surface area contributed by atoms with Crippen molar-refractivity contribution >= 4 is 17.5 Å². The first kappa shape index (κ1) is 16.6. The topological polar surface area (TPSA) is 55.8 Å². The Labute approximate surface area is 152 Å². The summed E-state index contributed by atoms with van der Waals surface area (Å²) >= 11 is 0. The molecule has 26 heavy (non-hydrogen) atoms. The summed E-state index contributed by atoms with van der Waals surface area (Å²) in [6.45, 7) is 0.627. The van der Waals surface area contributed by atoms with Gasteiger partial charge in [0.15, 0.2) is 11.5 Å². The number of ether oxygens (including phenoxy) is 2. The van der Waals surface area contributed by atoms with E-state index in [1.165, 1.54) is 30.6 Å². The van der Waals surface area contributed by atoms with Crippen LogP contribution in [0.15, 0.2) is 42.5 Å². The number of fused-ring (bicyclic) bond motifs is 1. The van der Waals surface area contributed by atoms with Gasteiger partial charge >= 0.3 is 0 Å². The lowest BCUT2D eigenvalue weighted by Crippen LogP contribution is -2.29. The zero-order valence-corrected chi connectivity index (χ0v) is 14.7. The van der Waals surface area contributed by atoms with Gasteiger partial charge < -0.3 is 9.47 Å². The van der Waals surface area contributed by atoms with Crippen LogP contribution in [0.5, 0.6) is 11.5 Å². The largest absolute Gasteiger partial charge is 0.493 e. The van der Waals surface area contributed by atoms with Crippen molar-refractivity contribution in [3.8, 4) is 11.5 Å². The van der Waals surface area contributed by atoms with Gasteiger partial charge in [-0.05, 0) is 43.0 Å². The average molecular weight is 351 g/mol. The number of benzene rings is 2. The molecule has 134 valence electrons. The van der Waals surface area contributed by atoms with Crippen LogP contribution in [0.2, 0.25) is 0 Å². The Morgan fingerprint density at radius 2 is 1.62 bits per heavy atom. The van der Waals surface area contributed by atoms with Crippen LogP contribution >= 0.6 is 0 Å². The lowest BCUT2D eigenvalue weighted by atomic mass is 10.1. The maximum absolute atomic E-state index is 12.7. The molecule has 1 fully saturated rings. The van der Waals surface area contributed by atoms with Crippen molar-refractivity contribution in [3.63, 3.8) is 0 Å². The molecule has 1 heterocycles. The maximum Gasteiger partial charge on any atom is 0.266 e. The van der Waals surface area contributed by atoms with Crippen LogP contribution in [-0.4, -0.2) is 25.5 Å². The first-order valence-electron chi connectivity index (χ1n) is 8.97. The number of imide groups is 1. The molecule has 0 saturated heterocycles. The quantitative estimate of drug-likeness (QED) is 0.762. The van der Waals surface area contributed by atoms with E-state index in [2.05, 4.69) is 0 Å². The molecule has 4 rings (SSSR count). The molecule has 2 aliphatic rings. The van der Waals surface area contributed by atoms with Crippen LogP contribution < -0.4 is 14.4 Å². The molecule has 0 atom stereocenters. The molecule has 0 bridgehead atoms. The van der Waals surface area contributed by atoms with Crippen LogP contribution in [0.25, 0.3) is 0 Å². The van der Waals surface area contributed by atoms with Crippen molar-refractivity contribution in [2.75, 3.05) is 18.6 Å². The van der Waals surface area contributed by atoms with Gasteiger partial charge in [-0.15, -0.1) is 0 Å². The standard InChI is InChI=1S/C21H21NO4/c1-25-18-11-10-15(12-19(18)26-13-14-6-2-3-7-14)22-20(23)16-8-4-5-9-17(16)21(22)24/h4-5,8-12,14H,2-3,6-7,13H2,1H3. The van der Waals surface area contributed by atoms with E-state index in [1.807, 2.05) is 0 Å². The first-order valence-corrected chi connectivity index (χ1v) is 8.97. The third kappa shape index (κ3) is 2.83. The molecule has 2 aromatic rings. The van der Waals surface area contributed by atoms with Gasteiger partial charge in [0.1, 0.15) is 0 Å². The van der Waals surface area contributed by atoms with E-state index in [0.717, 1.165) is 0 Å². The Balaban J connectivity index is 1.62. The molecular weight excluding hydrogens is 330 g/mol. The van der Waals surface area contributed by atoms with Crippen LogP contribution in [0.1, 0.15) is 46.4 Å². The lowest BCUT2D eigenvalue weighted by molar-refractivity contribution is 0.0926. The third-order valence-corrected chi connectivity index (χ3v) is 5.15. The van der Waals surface area contributed by atoms with E-state index >= 15 is 0 Å². The fraction of sp³-hybridized carbons (Fsp3) is 0.333. The van der Waals surface area contributed by atoms with E-state index in [4.69, 9.17) is 9.47 Å².